The Hall–Kier alpha value is -1.30. The van der Waals surface area contributed by atoms with E-state index in [1.165, 1.54) is 0 Å². The van der Waals surface area contributed by atoms with Crippen LogP contribution in [0.2, 0.25) is 10.0 Å². The van der Waals surface area contributed by atoms with Crippen LogP contribution in [0.15, 0.2) is 28.6 Å². The molecule has 0 bridgehead atoms. The van der Waals surface area contributed by atoms with Crippen molar-refractivity contribution < 1.29 is 0 Å². The Kier molecular flexibility index (Phi) is 6.69. The molecule has 0 saturated heterocycles. The molecule has 0 atom stereocenters. The van der Waals surface area contributed by atoms with Crippen molar-refractivity contribution in [1.29, 1.82) is 0 Å². The molecule has 2 rings (SSSR count). The lowest BCUT2D eigenvalue weighted by Gasteiger charge is -2.12. The van der Waals surface area contributed by atoms with E-state index in [4.69, 9.17) is 23.2 Å². The van der Waals surface area contributed by atoms with Crippen molar-refractivity contribution in [1.82, 2.24) is 15.6 Å². The molecule has 1 aromatic carbocycles. The zero-order valence-corrected chi connectivity index (χ0v) is 15.7. The lowest BCUT2D eigenvalue weighted by atomic mass is 10.2. The third-order valence-electron chi connectivity index (χ3n) is 3.25. The first-order valence-electron chi connectivity index (χ1n) is 7.32. The van der Waals surface area contributed by atoms with E-state index in [0.717, 1.165) is 16.3 Å². The van der Waals surface area contributed by atoms with E-state index in [9.17, 15) is 0 Å². The molecule has 0 radical (unpaired) electrons. The van der Waals surface area contributed by atoms with Gasteiger partial charge in [0.1, 0.15) is 5.01 Å². The molecule has 0 aliphatic heterocycles. The molecule has 0 aliphatic rings. The molecular weight excluding hydrogens is 351 g/mol. The van der Waals surface area contributed by atoms with Crippen LogP contribution in [0.5, 0.6) is 0 Å². The first-order valence-corrected chi connectivity index (χ1v) is 8.96. The third-order valence-corrected chi connectivity index (χ3v) is 4.71. The summed E-state index contributed by atoms with van der Waals surface area (Å²) in [5.41, 5.74) is 2.10. The summed E-state index contributed by atoms with van der Waals surface area (Å²) in [6.07, 6.45) is 0. The van der Waals surface area contributed by atoms with Crippen molar-refractivity contribution in [3.8, 4) is 0 Å². The number of thiazole rings is 1. The highest BCUT2D eigenvalue weighted by molar-refractivity contribution is 7.09. The van der Waals surface area contributed by atoms with E-state index < -0.39 is 0 Å². The van der Waals surface area contributed by atoms with Crippen LogP contribution in [0, 0.1) is 0 Å². The molecule has 2 aromatic rings. The Bertz CT molecular complexity index is 682. The molecule has 1 aromatic heterocycles. The standard InChI is InChI=1S/C16H20Cl2N4S/c1-10(2)14-9-23-15(22-14)8-21-16(19-3)20-7-11-4-5-12(17)6-13(11)18/h4-6,9-10H,7-8H2,1-3H3,(H2,19,20,21). The molecule has 0 aliphatic carbocycles. The maximum absolute atomic E-state index is 6.17. The van der Waals surface area contributed by atoms with Gasteiger partial charge in [0.05, 0.1) is 12.2 Å². The zero-order valence-electron chi connectivity index (χ0n) is 13.4. The van der Waals surface area contributed by atoms with Crippen molar-refractivity contribution in [2.75, 3.05) is 7.05 Å². The number of halogens is 2. The van der Waals surface area contributed by atoms with Crippen molar-refractivity contribution in [2.45, 2.75) is 32.9 Å². The average molecular weight is 371 g/mol. The highest BCUT2D eigenvalue weighted by Gasteiger charge is 2.07. The molecule has 2 N–H and O–H groups in total. The van der Waals surface area contributed by atoms with Gasteiger partial charge in [-0.25, -0.2) is 4.98 Å². The summed E-state index contributed by atoms with van der Waals surface area (Å²) < 4.78 is 0. The summed E-state index contributed by atoms with van der Waals surface area (Å²) in [7, 11) is 1.74. The minimum Gasteiger partial charge on any atom is -0.352 e. The van der Waals surface area contributed by atoms with Gasteiger partial charge in [0.15, 0.2) is 5.96 Å². The topological polar surface area (TPSA) is 49.3 Å². The fourth-order valence-corrected chi connectivity index (χ4v) is 3.27. The van der Waals surface area contributed by atoms with Gasteiger partial charge in [-0.05, 0) is 23.6 Å². The van der Waals surface area contributed by atoms with Gasteiger partial charge in [-0.1, -0.05) is 43.1 Å². The molecule has 23 heavy (non-hydrogen) atoms. The van der Waals surface area contributed by atoms with E-state index in [0.29, 0.717) is 35.0 Å². The zero-order chi connectivity index (χ0) is 16.8. The summed E-state index contributed by atoms with van der Waals surface area (Å²) in [5, 5.41) is 10.9. The van der Waals surface area contributed by atoms with E-state index in [1.54, 1.807) is 24.5 Å². The number of benzene rings is 1. The summed E-state index contributed by atoms with van der Waals surface area (Å²) in [5.74, 6) is 1.15. The van der Waals surface area contributed by atoms with Crippen LogP contribution in [0.4, 0.5) is 0 Å². The van der Waals surface area contributed by atoms with Gasteiger partial charge in [0.2, 0.25) is 0 Å². The summed E-state index contributed by atoms with van der Waals surface area (Å²) in [4.78, 5) is 8.81. The molecule has 0 fully saturated rings. The van der Waals surface area contributed by atoms with Crippen LogP contribution in [0.25, 0.3) is 0 Å². The second-order valence-electron chi connectivity index (χ2n) is 5.34. The number of guanidine groups is 1. The van der Waals surface area contributed by atoms with Crippen LogP contribution in [0.1, 0.15) is 36.0 Å². The van der Waals surface area contributed by atoms with Crippen LogP contribution >= 0.6 is 34.5 Å². The smallest absolute Gasteiger partial charge is 0.191 e. The SMILES string of the molecule is CN=C(NCc1nc(C(C)C)cs1)NCc1ccc(Cl)cc1Cl. The van der Waals surface area contributed by atoms with E-state index in [1.807, 2.05) is 12.1 Å². The molecule has 0 saturated carbocycles. The Morgan fingerprint density at radius 1 is 1.26 bits per heavy atom. The Balaban J connectivity index is 1.88. The Morgan fingerprint density at radius 2 is 2.00 bits per heavy atom. The predicted octanol–water partition coefficient (Wildman–Crippen LogP) is 4.44. The van der Waals surface area contributed by atoms with Crippen LogP contribution in [0.3, 0.4) is 0 Å². The average Bonchev–Trinajstić information content (AvgIpc) is 2.98. The number of hydrogen-bond donors (Lipinski definition) is 2. The minimum atomic E-state index is 0.449. The van der Waals surface area contributed by atoms with Gasteiger partial charge in [-0.2, -0.15) is 0 Å². The maximum Gasteiger partial charge on any atom is 0.191 e. The number of aliphatic imine (C=N–C) groups is 1. The van der Waals surface area contributed by atoms with Gasteiger partial charge >= 0.3 is 0 Å². The number of nitrogens with zero attached hydrogens (tertiary/aromatic N) is 2. The normalized spacial score (nSPS) is 11.8. The van der Waals surface area contributed by atoms with Crippen LogP contribution in [-0.2, 0) is 13.1 Å². The molecular formula is C16H20Cl2N4S. The van der Waals surface area contributed by atoms with Crippen LogP contribution in [-0.4, -0.2) is 18.0 Å². The third kappa shape index (κ3) is 5.37. The molecule has 0 amide bonds. The van der Waals surface area contributed by atoms with Gasteiger partial charge in [-0.3, -0.25) is 4.99 Å². The van der Waals surface area contributed by atoms with E-state index in [-0.39, 0.29) is 0 Å². The molecule has 124 valence electrons. The Labute approximate surface area is 151 Å². The number of aromatic nitrogens is 1. The molecule has 4 nitrogen and oxygen atoms in total. The molecule has 0 unspecified atom stereocenters. The lowest BCUT2D eigenvalue weighted by Crippen LogP contribution is -2.36. The number of hydrogen-bond acceptors (Lipinski definition) is 3. The summed E-state index contributed by atoms with van der Waals surface area (Å²) in [6, 6.07) is 5.46. The predicted molar refractivity (Wildman–Crippen MR) is 99.7 cm³/mol. The number of nitrogens with one attached hydrogen (secondary N) is 2. The fraction of sp³-hybridized carbons (Fsp3) is 0.375. The minimum absolute atomic E-state index is 0.449. The second-order valence-corrected chi connectivity index (χ2v) is 7.12. The van der Waals surface area contributed by atoms with Gasteiger partial charge in [0.25, 0.3) is 0 Å². The second kappa shape index (κ2) is 8.52. The lowest BCUT2D eigenvalue weighted by molar-refractivity contribution is 0.785. The van der Waals surface area contributed by atoms with Crippen molar-refractivity contribution >= 4 is 40.5 Å². The van der Waals surface area contributed by atoms with Gasteiger partial charge in [0, 0.05) is 29.0 Å². The largest absolute Gasteiger partial charge is 0.352 e. The first-order chi connectivity index (χ1) is 11.0. The van der Waals surface area contributed by atoms with E-state index >= 15 is 0 Å². The number of rotatable bonds is 5. The first kappa shape index (κ1) is 18.0. The maximum atomic E-state index is 6.17. The van der Waals surface area contributed by atoms with Crippen LogP contribution < -0.4 is 10.6 Å². The van der Waals surface area contributed by atoms with Crippen molar-refractivity contribution in [2.24, 2.45) is 4.99 Å². The Morgan fingerprint density at radius 3 is 2.61 bits per heavy atom. The monoisotopic (exact) mass is 370 g/mol. The van der Waals surface area contributed by atoms with Crippen molar-refractivity contribution in [3.05, 3.63) is 49.9 Å². The fourth-order valence-electron chi connectivity index (χ4n) is 1.90. The molecule has 1 heterocycles. The summed E-state index contributed by atoms with van der Waals surface area (Å²) in [6.45, 7) is 5.50. The summed E-state index contributed by atoms with van der Waals surface area (Å²) >= 11 is 13.7. The highest BCUT2D eigenvalue weighted by atomic mass is 35.5. The quantitative estimate of drug-likeness (QED) is 0.604. The molecule has 0 spiro atoms. The molecule has 7 heteroatoms. The highest BCUT2D eigenvalue weighted by Crippen LogP contribution is 2.20. The van der Waals surface area contributed by atoms with Gasteiger partial charge < -0.3 is 10.6 Å². The van der Waals surface area contributed by atoms with Crippen molar-refractivity contribution in [3.63, 3.8) is 0 Å². The van der Waals surface area contributed by atoms with Gasteiger partial charge in [-0.15, -0.1) is 11.3 Å². The van der Waals surface area contributed by atoms with E-state index in [2.05, 4.69) is 39.8 Å².